The first-order valence-corrected chi connectivity index (χ1v) is 9.85. The minimum Gasteiger partial charge on any atom is -0.489 e. The van der Waals surface area contributed by atoms with Gasteiger partial charge in [0.25, 0.3) is 0 Å². The van der Waals surface area contributed by atoms with Gasteiger partial charge in [-0.2, -0.15) is 0 Å². The topological polar surface area (TPSA) is 22.1 Å². The Morgan fingerprint density at radius 1 is 1.04 bits per heavy atom. The molecule has 1 aromatic rings. The third-order valence-corrected chi connectivity index (χ3v) is 5.35. The van der Waals surface area contributed by atoms with Crippen molar-refractivity contribution in [1.29, 1.82) is 0 Å². The van der Waals surface area contributed by atoms with E-state index < -0.39 is 0 Å². The highest BCUT2D eigenvalue weighted by atomic mass is 16.5. The number of aromatic nitrogens is 1. The molecule has 2 heteroatoms. The quantitative estimate of drug-likeness (QED) is 0.502. The molecule has 0 atom stereocenters. The number of hydrogen-bond donors (Lipinski definition) is 0. The van der Waals surface area contributed by atoms with E-state index in [2.05, 4.69) is 31.8 Å². The highest BCUT2D eigenvalue weighted by Crippen LogP contribution is 2.29. The Balaban J connectivity index is 1.77. The summed E-state index contributed by atoms with van der Waals surface area (Å²) in [7, 11) is 0. The molecule has 1 saturated carbocycles. The van der Waals surface area contributed by atoms with Crippen molar-refractivity contribution in [3.8, 4) is 5.75 Å². The van der Waals surface area contributed by atoms with Crippen LogP contribution in [0.3, 0.4) is 0 Å². The zero-order valence-corrected chi connectivity index (χ0v) is 15.4. The number of hydrogen-bond acceptors (Lipinski definition) is 2. The zero-order valence-electron chi connectivity index (χ0n) is 15.4. The van der Waals surface area contributed by atoms with Gasteiger partial charge >= 0.3 is 0 Å². The second kappa shape index (κ2) is 9.95. The molecule has 0 N–H and O–H groups in total. The lowest BCUT2D eigenvalue weighted by Gasteiger charge is -2.28. The average Bonchev–Trinajstić information content (AvgIpc) is 2.57. The molecule has 0 bridgehead atoms. The average molecular weight is 318 g/mol. The first-order chi connectivity index (χ1) is 11.2. The summed E-state index contributed by atoms with van der Waals surface area (Å²) in [5.74, 6) is 1.89. The van der Waals surface area contributed by atoms with Crippen molar-refractivity contribution in [3.63, 3.8) is 0 Å². The van der Waals surface area contributed by atoms with Crippen molar-refractivity contribution in [2.24, 2.45) is 5.92 Å². The van der Waals surface area contributed by atoms with Crippen molar-refractivity contribution in [2.75, 3.05) is 0 Å². The predicted molar refractivity (Wildman–Crippen MR) is 98.1 cm³/mol. The van der Waals surface area contributed by atoms with E-state index in [1.54, 1.807) is 0 Å². The summed E-state index contributed by atoms with van der Waals surface area (Å²) in [6.07, 6.45) is 16.4. The second-order valence-electron chi connectivity index (χ2n) is 7.27. The van der Waals surface area contributed by atoms with Crippen molar-refractivity contribution in [2.45, 2.75) is 97.5 Å². The number of nitrogens with zero attached hydrogens (tertiary/aromatic N) is 1. The molecule has 130 valence electrons. The standard InChI is InChI=1S/C21H35NO/c1-4-6-7-8-9-10-21-17(3)15-20(16-22-21)23-19-13-11-18(5-2)12-14-19/h15-16,18-19H,4-14H2,1-3H3. The lowest BCUT2D eigenvalue weighted by molar-refractivity contribution is 0.129. The van der Waals surface area contributed by atoms with Gasteiger partial charge in [0.15, 0.2) is 0 Å². The van der Waals surface area contributed by atoms with E-state index in [1.165, 1.54) is 75.5 Å². The third kappa shape index (κ3) is 6.16. The first kappa shape index (κ1) is 18.3. The van der Waals surface area contributed by atoms with Crippen LogP contribution in [0.25, 0.3) is 0 Å². The molecule has 23 heavy (non-hydrogen) atoms. The number of aryl methyl sites for hydroxylation is 2. The van der Waals surface area contributed by atoms with Gasteiger partial charge in [0.1, 0.15) is 5.75 Å². The van der Waals surface area contributed by atoms with E-state index >= 15 is 0 Å². The van der Waals surface area contributed by atoms with Gasteiger partial charge in [0.2, 0.25) is 0 Å². The summed E-state index contributed by atoms with van der Waals surface area (Å²) in [6, 6.07) is 2.19. The van der Waals surface area contributed by atoms with Crippen LogP contribution in [0.2, 0.25) is 0 Å². The Hall–Kier alpha value is -1.05. The van der Waals surface area contributed by atoms with Crippen LogP contribution in [0.15, 0.2) is 12.3 Å². The van der Waals surface area contributed by atoms with Crippen LogP contribution < -0.4 is 4.74 Å². The molecule has 1 aliphatic rings. The van der Waals surface area contributed by atoms with E-state index in [-0.39, 0.29) is 0 Å². The van der Waals surface area contributed by atoms with Crippen molar-refractivity contribution < 1.29 is 4.74 Å². The van der Waals surface area contributed by atoms with Gasteiger partial charge in [-0.05, 0) is 63.0 Å². The second-order valence-corrected chi connectivity index (χ2v) is 7.27. The number of ether oxygens (including phenoxy) is 1. The van der Waals surface area contributed by atoms with Gasteiger partial charge in [-0.3, -0.25) is 4.98 Å². The normalized spacial score (nSPS) is 21.3. The third-order valence-electron chi connectivity index (χ3n) is 5.35. The molecule has 0 spiro atoms. The molecule has 1 heterocycles. The lowest BCUT2D eigenvalue weighted by Crippen LogP contribution is -2.24. The Labute approximate surface area is 143 Å². The highest BCUT2D eigenvalue weighted by Gasteiger charge is 2.21. The molecular weight excluding hydrogens is 282 g/mol. The molecule has 0 amide bonds. The zero-order chi connectivity index (χ0) is 16.5. The minimum absolute atomic E-state index is 0.402. The van der Waals surface area contributed by atoms with Crippen LogP contribution in [0.5, 0.6) is 5.75 Å². The van der Waals surface area contributed by atoms with E-state index in [0.717, 1.165) is 18.1 Å². The number of rotatable bonds is 9. The van der Waals surface area contributed by atoms with Crippen molar-refractivity contribution >= 4 is 0 Å². The number of pyridine rings is 1. The molecule has 1 aromatic heterocycles. The van der Waals surface area contributed by atoms with Gasteiger partial charge < -0.3 is 4.74 Å². The summed E-state index contributed by atoms with van der Waals surface area (Å²) in [5.41, 5.74) is 2.55. The summed E-state index contributed by atoms with van der Waals surface area (Å²) in [6.45, 7) is 6.74. The van der Waals surface area contributed by atoms with Crippen LogP contribution >= 0.6 is 0 Å². The van der Waals surface area contributed by atoms with E-state index in [9.17, 15) is 0 Å². The van der Waals surface area contributed by atoms with Crippen LogP contribution in [0.4, 0.5) is 0 Å². The summed E-state index contributed by atoms with van der Waals surface area (Å²) in [5, 5.41) is 0. The largest absolute Gasteiger partial charge is 0.489 e. The van der Waals surface area contributed by atoms with Crippen LogP contribution in [0.1, 0.15) is 89.3 Å². The molecule has 0 unspecified atom stereocenters. The highest BCUT2D eigenvalue weighted by molar-refractivity contribution is 5.28. The summed E-state index contributed by atoms with van der Waals surface area (Å²) in [4.78, 5) is 4.67. The maximum Gasteiger partial charge on any atom is 0.138 e. The fourth-order valence-corrected chi connectivity index (χ4v) is 3.65. The van der Waals surface area contributed by atoms with Gasteiger partial charge in [-0.25, -0.2) is 0 Å². The van der Waals surface area contributed by atoms with Gasteiger partial charge in [0.05, 0.1) is 12.3 Å². The molecule has 1 fully saturated rings. The summed E-state index contributed by atoms with van der Waals surface area (Å²) >= 11 is 0. The fourth-order valence-electron chi connectivity index (χ4n) is 3.65. The minimum atomic E-state index is 0.402. The SMILES string of the molecule is CCCCCCCc1ncc(OC2CCC(CC)CC2)cc1C. The molecule has 2 rings (SSSR count). The Morgan fingerprint density at radius 2 is 1.78 bits per heavy atom. The maximum atomic E-state index is 6.18. The Bertz CT molecular complexity index is 449. The molecule has 0 saturated heterocycles. The summed E-state index contributed by atoms with van der Waals surface area (Å²) < 4.78 is 6.18. The number of unbranched alkanes of at least 4 members (excludes halogenated alkanes) is 4. The van der Waals surface area contributed by atoms with Gasteiger partial charge in [0, 0.05) is 5.69 Å². The smallest absolute Gasteiger partial charge is 0.138 e. The Kier molecular flexibility index (Phi) is 7.91. The first-order valence-electron chi connectivity index (χ1n) is 9.85. The predicted octanol–water partition coefficient (Wildman–Crippen LogP) is 6.25. The van der Waals surface area contributed by atoms with E-state index in [4.69, 9.17) is 4.74 Å². The van der Waals surface area contributed by atoms with Crippen molar-refractivity contribution in [3.05, 3.63) is 23.5 Å². The van der Waals surface area contributed by atoms with Crippen molar-refractivity contribution in [1.82, 2.24) is 4.98 Å². The maximum absolute atomic E-state index is 6.18. The Morgan fingerprint density at radius 3 is 2.43 bits per heavy atom. The molecule has 0 aliphatic heterocycles. The molecular formula is C21H35NO. The van der Waals surface area contributed by atoms with Crippen LogP contribution in [-0.4, -0.2) is 11.1 Å². The lowest BCUT2D eigenvalue weighted by atomic mass is 9.86. The molecule has 2 nitrogen and oxygen atoms in total. The fraction of sp³-hybridized carbons (Fsp3) is 0.762. The molecule has 0 aromatic carbocycles. The van der Waals surface area contributed by atoms with Gasteiger partial charge in [-0.1, -0.05) is 46.0 Å². The van der Waals surface area contributed by atoms with Crippen LogP contribution in [0, 0.1) is 12.8 Å². The van der Waals surface area contributed by atoms with E-state index in [1.807, 2.05) is 6.20 Å². The van der Waals surface area contributed by atoms with Crippen LogP contribution in [-0.2, 0) is 6.42 Å². The van der Waals surface area contributed by atoms with Gasteiger partial charge in [-0.15, -0.1) is 0 Å². The van der Waals surface area contributed by atoms with E-state index in [0.29, 0.717) is 6.10 Å². The molecule has 0 radical (unpaired) electrons. The molecule has 1 aliphatic carbocycles. The monoisotopic (exact) mass is 317 g/mol.